The molecule has 0 aliphatic heterocycles. The van der Waals surface area contributed by atoms with Crippen LogP contribution in [0, 0.1) is 0 Å². The maximum atomic E-state index is 12.8. The quantitative estimate of drug-likeness (QED) is 0.416. The Bertz CT molecular complexity index is 981. The fourth-order valence-electron chi connectivity index (χ4n) is 3.59. The summed E-state index contributed by atoms with van der Waals surface area (Å²) in [5, 5.41) is 0.599. The molecule has 0 radical (unpaired) electrons. The van der Waals surface area contributed by atoms with Crippen molar-refractivity contribution in [2.75, 3.05) is 0 Å². The number of rotatable bonds is 2. The molecule has 2 aromatic heterocycles. The Balaban J connectivity index is 1.88. The van der Waals surface area contributed by atoms with Gasteiger partial charge in [0.05, 0.1) is 16.8 Å². The maximum Gasteiger partial charge on any atom is 0.416 e. The summed E-state index contributed by atoms with van der Waals surface area (Å²) in [6.07, 6.45) is 2.27. The lowest BCUT2D eigenvalue weighted by molar-refractivity contribution is -0.137. The molecule has 0 amide bonds. The van der Waals surface area contributed by atoms with Crippen molar-refractivity contribution in [3.63, 3.8) is 0 Å². The highest BCUT2D eigenvalue weighted by atomic mass is 35.5. The van der Waals surface area contributed by atoms with Crippen molar-refractivity contribution in [3.05, 3.63) is 71.0 Å². The van der Waals surface area contributed by atoms with E-state index in [1.807, 2.05) is 28.7 Å². The van der Waals surface area contributed by atoms with Crippen molar-refractivity contribution >= 4 is 22.7 Å². The first kappa shape index (κ1) is 17.2. The van der Waals surface area contributed by atoms with Crippen molar-refractivity contribution in [1.29, 1.82) is 0 Å². The van der Waals surface area contributed by atoms with Gasteiger partial charge in [0.15, 0.2) is 0 Å². The van der Waals surface area contributed by atoms with Crippen LogP contribution in [0.5, 0.6) is 0 Å². The number of nitrogens with zero attached hydrogens (tertiary/aromatic N) is 1. The molecule has 0 fully saturated rings. The van der Waals surface area contributed by atoms with Gasteiger partial charge in [-0.15, -0.1) is 0 Å². The molecule has 2 heterocycles. The predicted molar refractivity (Wildman–Crippen MR) is 99.3 cm³/mol. The van der Waals surface area contributed by atoms with Gasteiger partial charge in [-0.1, -0.05) is 35.9 Å². The van der Waals surface area contributed by atoms with Gasteiger partial charge in [-0.25, -0.2) is 0 Å². The number of hydrogen-bond acceptors (Lipinski definition) is 0. The van der Waals surface area contributed by atoms with E-state index in [0.29, 0.717) is 5.15 Å². The van der Waals surface area contributed by atoms with Crippen LogP contribution in [0.3, 0.4) is 0 Å². The molecule has 0 N–H and O–H groups in total. The van der Waals surface area contributed by atoms with E-state index in [9.17, 15) is 13.2 Å². The first-order valence-corrected chi connectivity index (χ1v) is 9.00. The molecule has 0 atom stereocenters. The van der Waals surface area contributed by atoms with Gasteiger partial charge < -0.3 is 0 Å². The number of hydrogen-bond donors (Lipinski definition) is 0. The largest absolute Gasteiger partial charge is 0.416 e. The van der Waals surface area contributed by atoms with E-state index < -0.39 is 11.7 Å². The third kappa shape index (κ3) is 3.03. The summed E-state index contributed by atoms with van der Waals surface area (Å²) in [4.78, 5) is 0. The fourth-order valence-corrected chi connectivity index (χ4v) is 3.84. The van der Waals surface area contributed by atoms with Crippen LogP contribution in [0.15, 0.2) is 54.6 Å². The molecular formula is C21H17ClF3N. The van der Waals surface area contributed by atoms with Crippen LogP contribution in [0.2, 0.25) is 5.15 Å². The highest BCUT2D eigenvalue weighted by Crippen LogP contribution is 2.37. The van der Waals surface area contributed by atoms with Gasteiger partial charge in [0.1, 0.15) is 5.15 Å². The zero-order valence-corrected chi connectivity index (χ0v) is 14.7. The number of fused-ring (bicyclic) bond motifs is 1. The molecule has 134 valence electrons. The van der Waals surface area contributed by atoms with Crippen LogP contribution in [0.25, 0.3) is 22.2 Å². The fraction of sp³-hybridized carbons (Fsp3) is 0.238. The highest BCUT2D eigenvalue weighted by molar-refractivity contribution is 6.30. The summed E-state index contributed by atoms with van der Waals surface area (Å²) in [6, 6.07) is 13.0. The van der Waals surface area contributed by atoms with Crippen molar-refractivity contribution in [2.24, 2.45) is 0 Å². The van der Waals surface area contributed by atoms with E-state index in [1.54, 1.807) is 0 Å². The van der Waals surface area contributed by atoms with Crippen LogP contribution in [0.4, 0.5) is 13.2 Å². The second-order valence-corrected chi connectivity index (χ2v) is 6.95. The van der Waals surface area contributed by atoms with E-state index in [4.69, 9.17) is 11.6 Å². The second-order valence-electron chi connectivity index (χ2n) is 6.56. The van der Waals surface area contributed by atoms with Gasteiger partial charge in [-0.2, -0.15) is 13.2 Å². The van der Waals surface area contributed by atoms with Crippen LogP contribution < -0.4 is 0 Å². The van der Waals surface area contributed by atoms with Crippen molar-refractivity contribution in [2.45, 2.75) is 31.9 Å². The van der Waals surface area contributed by atoms with Crippen molar-refractivity contribution in [3.8, 4) is 11.1 Å². The minimum atomic E-state index is -4.33. The van der Waals surface area contributed by atoms with Crippen LogP contribution in [-0.4, -0.2) is 4.40 Å². The van der Waals surface area contributed by atoms with Gasteiger partial charge >= 0.3 is 6.18 Å². The van der Waals surface area contributed by atoms with Gasteiger partial charge in [-0.05, 0) is 67.2 Å². The minimum Gasteiger partial charge on any atom is -0.300 e. The molecule has 0 unspecified atom stereocenters. The topological polar surface area (TPSA) is 4.41 Å². The lowest BCUT2D eigenvalue weighted by Gasteiger charge is -2.13. The Morgan fingerprint density at radius 3 is 2.38 bits per heavy atom. The Labute approximate surface area is 154 Å². The predicted octanol–water partition coefficient (Wildman–Crippen LogP) is 7.24. The highest BCUT2D eigenvalue weighted by Gasteiger charge is 2.30. The summed E-state index contributed by atoms with van der Waals surface area (Å²) >= 11 is 6.45. The van der Waals surface area contributed by atoms with Gasteiger partial charge in [0, 0.05) is 5.56 Å². The van der Waals surface area contributed by atoms with Gasteiger partial charge in [-0.3, -0.25) is 4.40 Å². The van der Waals surface area contributed by atoms with E-state index in [0.717, 1.165) is 53.7 Å². The molecule has 0 bridgehead atoms. The Kier molecular flexibility index (Phi) is 4.31. The summed E-state index contributed by atoms with van der Waals surface area (Å²) in [5.74, 6) is 0. The average molecular weight is 376 g/mol. The first-order valence-electron chi connectivity index (χ1n) is 8.62. The summed E-state index contributed by atoms with van der Waals surface area (Å²) in [5.41, 5.74) is 4.18. The second kappa shape index (κ2) is 6.51. The molecule has 3 aromatic rings. The molecule has 0 spiro atoms. The van der Waals surface area contributed by atoms with Crippen molar-refractivity contribution in [1.82, 2.24) is 4.40 Å². The van der Waals surface area contributed by atoms with Crippen molar-refractivity contribution < 1.29 is 13.2 Å². The molecular weight excluding hydrogens is 359 g/mol. The number of pyridine rings is 1. The minimum absolute atomic E-state index is 0.599. The summed E-state index contributed by atoms with van der Waals surface area (Å²) < 4.78 is 40.5. The molecule has 1 nitrogen and oxygen atoms in total. The first-order chi connectivity index (χ1) is 12.4. The smallest absolute Gasteiger partial charge is 0.300 e. The number of aromatic nitrogens is 1. The Morgan fingerprint density at radius 2 is 1.73 bits per heavy atom. The Morgan fingerprint density at radius 1 is 0.962 bits per heavy atom. The summed E-state index contributed by atoms with van der Waals surface area (Å²) in [6.45, 7) is 0. The summed E-state index contributed by atoms with van der Waals surface area (Å²) in [7, 11) is 0. The molecule has 0 saturated carbocycles. The van der Waals surface area contributed by atoms with Crippen LogP contribution in [0.1, 0.15) is 36.9 Å². The van der Waals surface area contributed by atoms with Crippen LogP contribution >= 0.6 is 11.6 Å². The lowest BCUT2D eigenvalue weighted by Crippen LogP contribution is -2.03. The molecule has 1 aromatic carbocycles. The third-order valence-electron chi connectivity index (χ3n) is 4.88. The molecule has 4 rings (SSSR count). The molecule has 1 aliphatic carbocycles. The van der Waals surface area contributed by atoms with Gasteiger partial charge in [0.2, 0.25) is 0 Å². The monoisotopic (exact) mass is 375 g/mol. The number of allylic oxidation sites excluding steroid dienone is 2. The SMILES string of the molecule is FC(F)(F)c1ccc(-c2cc(C3=CCCCC3)n3c(Cl)cccc23)cc1. The molecule has 1 aliphatic rings. The number of benzene rings is 1. The Hall–Kier alpha value is -2.20. The molecule has 26 heavy (non-hydrogen) atoms. The number of alkyl halides is 3. The van der Waals surface area contributed by atoms with E-state index in [2.05, 4.69) is 6.08 Å². The van der Waals surface area contributed by atoms with Crippen LogP contribution in [-0.2, 0) is 6.18 Å². The van der Waals surface area contributed by atoms with E-state index in [-0.39, 0.29) is 0 Å². The zero-order valence-electron chi connectivity index (χ0n) is 14.0. The normalized spacial score (nSPS) is 15.3. The van der Waals surface area contributed by atoms with E-state index >= 15 is 0 Å². The third-order valence-corrected chi connectivity index (χ3v) is 5.18. The standard InChI is InChI=1S/C21H17ClF3N/c22-20-8-4-7-18-17(14-9-11-16(12-10-14)21(23,24)25)13-19(26(18)20)15-5-2-1-3-6-15/h4-5,7-13H,1-3,6H2. The maximum absolute atomic E-state index is 12.8. The number of halogens is 4. The van der Waals surface area contributed by atoms with E-state index in [1.165, 1.54) is 24.1 Å². The molecule has 5 heteroatoms. The zero-order chi connectivity index (χ0) is 18.3. The van der Waals surface area contributed by atoms with Gasteiger partial charge in [0.25, 0.3) is 0 Å². The lowest BCUT2D eigenvalue weighted by atomic mass is 9.96. The average Bonchev–Trinajstić information content (AvgIpc) is 3.03. The molecule has 0 saturated heterocycles.